The van der Waals surface area contributed by atoms with Gasteiger partial charge in [0.15, 0.2) is 0 Å². The van der Waals surface area contributed by atoms with E-state index >= 15 is 0 Å². The van der Waals surface area contributed by atoms with Gasteiger partial charge >= 0.3 is 0 Å². The Balaban J connectivity index is 2.07. The van der Waals surface area contributed by atoms with E-state index in [1.54, 1.807) is 18.3 Å². The van der Waals surface area contributed by atoms with Crippen LogP contribution in [0.2, 0.25) is 0 Å². The average molecular weight is 265 g/mol. The number of hydrogen-bond acceptors (Lipinski definition) is 4. The van der Waals surface area contributed by atoms with Crippen molar-refractivity contribution in [3.05, 3.63) is 35.2 Å². The van der Waals surface area contributed by atoms with Crippen molar-refractivity contribution in [1.82, 2.24) is 5.32 Å². The van der Waals surface area contributed by atoms with Crippen molar-refractivity contribution < 1.29 is 10.2 Å². The maximum absolute atomic E-state index is 9.75. The van der Waals surface area contributed by atoms with Crippen LogP contribution in [0.15, 0.2) is 30.3 Å². The van der Waals surface area contributed by atoms with Crippen molar-refractivity contribution in [2.75, 3.05) is 13.2 Å². The van der Waals surface area contributed by atoms with Gasteiger partial charge in [-0.3, -0.25) is 0 Å². The molecule has 4 heteroatoms. The number of hydrogen-bond donors (Lipinski definition) is 3. The summed E-state index contributed by atoms with van der Waals surface area (Å²) >= 11 is 1.76. The number of fused-ring (bicyclic) bond motifs is 1. The fourth-order valence-electron chi connectivity index (χ4n) is 1.75. The first-order valence-electron chi connectivity index (χ1n) is 6.07. The summed E-state index contributed by atoms with van der Waals surface area (Å²) in [4.78, 5) is 1.24. The fourth-order valence-corrected chi connectivity index (χ4v) is 2.84. The van der Waals surface area contributed by atoms with Crippen LogP contribution >= 0.6 is 11.3 Å². The highest BCUT2D eigenvalue weighted by molar-refractivity contribution is 7.19. The highest BCUT2D eigenvalue weighted by atomic mass is 32.1. The van der Waals surface area contributed by atoms with Gasteiger partial charge in [0.25, 0.3) is 0 Å². The van der Waals surface area contributed by atoms with Crippen LogP contribution in [0.4, 0.5) is 0 Å². The van der Waals surface area contributed by atoms with E-state index in [1.165, 1.54) is 15.0 Å². The molecule has 3 nitrogen and oxygen atoms in total. The number of thiophene rings is 1. The summed E-state index contributed by atoms with van der Waals surface area (Å²) < 4.78 is 1.27. The second-order valence-electron chi connectivity index (χ2n) is 4.94. The Bertz CT molecular complexity index is 488. The molecule has 1 heterocycles. The standard InChI is InChI=1S/C14H19NO2S/c1-10(15-8-14(2,17)9-16)13-7-11-5-3-4-6-12(11)18-13/h3-7,10,15-17H,8-9H2,1-2H3. The predicted octanol–water partition coefficient (Wildman–Crippen LogP) is 2.30. The zero-order valence-electron chi connectivity index (χ0n) is 10.7. The molecule has 2 rings (SSSR count). The Morgan fingerprint density at radius 3 is 2.78 bits per heavy atom. The Morgan fingerprint density at radius 2 is 2.11 bits per heavy atom. The molecule has 0 fully saturated rings. The Labute approximate surface area is 111 Å². The van der Waals surface area contributed by atoms with Crippen molar-refractivity contribution in [2.24, 2.45) is 0 Å². The Morgan fingerprint density at radius 1 is 1.39 bits per heavy atom. The van der Waals surface area contributed by atoms with E-state index in [0.717, 1.165) is 0 Å². The quantitative estimate of drug-likeness (QED) is 0.777. The molecule has 1 aromatic carbocycles. The highest BCUT2D eigenvalue weighted by Gasteiger charge is 2.20. The van der Waals surface area contributed by atoms with Gasteiger partial charge in [0, 0.05) is 22.2 Å². The van der Waals surface area contributed by atoms with Crippen molar-refractivity contribution in [2.45, 2.75) is 25.5 Å². The van der Waals surface area contributed by atoms with Crippen LogP contribution in [-0.2, 0) is 0 Å². The normalized spacial score (nSPS) is 16.7. The second-order valence-corrected chi connectivity index (χ2v) is 6.06. The smallest absolute Gasteiger partial charge is 0.0973 e. The third kappa shape index (κ3) is 3.09. The Hall–Kier alpha value is -0.940. The average Bonchev–Trinajstić information content (AvgIpc) is 2.80. The number of aliphatic hydroxyl groups is 2. The first-order valence-corrected chi connectivity index (χ1v) is 6.88. The molecule has 0 aliphatic rings. The molecule has 0 bridgehead atoms. The summed E-state index contributed by atoms with van der Waals surface area (Å²) in [5, 5.41) is 23.3. The first-order chi connectivity index (χ1) is 8.52. The second kappa shape index (κ2) is 5.36. The molecule has 1 aromatic heterocycles. The molecule has 98 valence electrons. The van der Waals surface area contributed by atoms with E-state index in [1.807, 2.05) is 12.1 Å². The molecule has 0 radical (unpaired) electrons. The third-order valence-corrected chi connectivity index (χ3v) is 4.30. The van der Waals surface area contributed by atoms with E-state index in [0.29, 0.717) is 6.54 Å². The van der Waals surface area contributed by atoms with Crippen molar-refractivity contribution in [1.29, 1.82) is 0 Å². The van der Waals surface area contributed by atoms with Crippen LogP contribution in [0.1, 0.15) is 24.8 Å². The monoisotopic (exact) mass is 265 g/mol. The summed E-state index contributed by atoms with van der Waals surface area (Å²) in [6, 6.07) is 10.6. The summed E-state index contributed by atoms with van der Waals surface area (Å²) in [6.07, 6.45) is 0. The number of rotatable bonds is 5. The van der Waals surface area contributed by atoms with Crippen LogP contribution in [0.25, 0.3) is 10.1 Å². The molecular formula is C14H19NO2S. The van der Waals surface area contributed by atoms with Gasteiger partial charge in [-0.2, -0.15) is 0 Å². The van der Waals surface area contributed by atoms with Crippen LogP contribution in [0.5, 0.6) is 0 Å². The summed E-state index contributed by atoms with van der Waals surface area (Å²) in [6.45, 7) is 3.83. The van der Waals surface area contributed by atoms with Crippen molar-refractivity contribution in [3.8, 4) is 0 Å². The van der Waals surface area contributed by atoms with E-state index in [2.05, 4.69) is 30.4 Å². The lowest BCUT2D eigenvalue weighted by Gasteiger charge is -2.23. The van der Waals surface area contributed by atoms with Gasteiger partial charge in [-0.05, 0) is 31.4 Å². The lowest BCUT2D eigenvalue weighted by atomic mass is 10.1. The van der Waals surface area contributed by atoms with Gasteiger partial charge in [-0.25, -0.2) is 0 Å². The molecule has 0 saturated carbocycles. The van der Waals surface area contributed by atoms with E-state index < -0.39 is 5.60 Å². The molecule has 3 N–H and O–H groups in total. The van der Waals surface area contributed by atoms with Crippen LogP contribution in [0.3, 0.4) is 0 Å². The van der Waals surface area contributed by atoms with Crippen molar-refractivity contribution in [3.63, 3.8) is 0 Å². The van der Waals surface area contributed by atoms with Gasteiger partial charge in [0.05, 0.1) is 12.2 Å². The molecule has 0 saturated heterocycles. The van der Waals surface area contributed by atoms with Crippen LogP contribution < -0.4 is 5.32 Å². The van der Waals surface area contributed by atoms with Crippen LogP contribution in [0, 0.1) is 0 Å². The molecule has 0 aliphatic heterocycles. The maximum atomic E-state index is 9.75. The molecule has 0 aliphatic carbocycles. The molecule has 0 spiro atoms. The summed E-state index contributed by atoms with van der Waals surface area (Å²) in [5.74, 6) is 0. The van der Waals surface area contributed by atoms with E-state index in [4.69, 9.17) is 5.11 Å². The minimum absolute atomic E-state index is 0.167. The van der Waals surface area contributed by atoms with E-state index in [9.17, 15) is 5.11 Å². The zero-order chi connectivity index (χ0) is 13.2. The Kier molecular flexibility index (Phi) is 4.02. The van der Waals surface area contributed by atoms with Gasteiger partial charge < -0.3 is 15.5 Å². The molecule has 18 heavy (non-hydrogen) atoms. The number of aliphatic hydroxyl groups excluding tert-OH is 1. The van der Waals surface area contributed by atoms with Gasteiger partial charge in [-0.15, -0.1) is 11.3 Å². The SMILES string of the molecule is CC(NCC(C)(O)CO)c1cc2ccccc2s1. The lowest BCUT2D eigenvalue weighted by Crippen LogP contribution is -2.41. The molecular weight excluding hydrogens is 246 g/mol. The van der Waals surface area contributed by atoms with Crippen LogP contribution in [-0.4, -0.2) is 29.0 Å². The fraction of sp³-hybridized carbons (Fsp3) is 0.429. The topological polar surface area (TPSA) is 52.5 Å². The third-order valence-electron chi connectivity index (χ3n) is 3.00. The van der Waals surface area contributed by atoms with E-state index in [-0.39, 0.29) is 12.6 Å². The summed E-state index contributed by atoms with van der Waals surface area (Å²) in [5.41, 5.74) is -1.06. The molecule has 0 amide bonds. The first kappa shape index (κ1) is 13.5. The van der Waals surface area contributed by atoms with Crippen molar-refractivity contribution >= 4 is 21.4 Å². The molecule has 2 atom stereocenters. The van der Waals surface area contributed by atoms with Gasteiger partial charge in [-0.1, -0.05) is 18.2 Å². The zero-order valence-corrected chi connectivity index (χ0v) is 11.5. The van der Waals surface area contributed by atoms with Gasteiger partial charge in [0.2, 0.25) is 0 Å². The number of benzene rings is 1. The lowest BCUT2D eigenvalue weighted by molar-refractivity contribution is 0.00113. The number of nitrogens with one attached hydrogen (secondary N) is 1. The largest absolute Gasteiger partial charge is 0.393 e. The highest BCUT2D eigenvalue weighted by Crippen LogP contribution is 2.29. The van der Waals surface area contributed by atoms with Gasteiger partial charge in [0.1, 0.15) is 0 Å². The minimum atomic E-state index is -1.06. The minimum Gasteiger partial charge on any atom is -0.393 e. The molecule has 2 unspecified atom stereocenters. The molecule has 2 aromatic rings. The summed E-state index contributed by atoms with van der Waals surface area (Å²) in [7, 11) is 0. The maximum Gasteiger partial charge on any atom is 0.0973 e. The predicted molar refractivity (Wildman–Crippen MR) is 76.0 cm³/mol.